The molecule has 0 unspecified atom stereocenters. The molecule has 0 aliphatic heterocycles. The molecule has 0 aliphatic carbocycles. The summed E-state index contributed by atoms with van der Waals surface area (Å²) in [5.74, 6) is 2.14. The molecule has 0 saturated heterocycles. The molecule has 0 heterocycles. The second-order valence-corrected chi connectivity index (χ2v) is 7.79. The fourth-order valence-corrected chi connectivity index (χ4v) is 3.31. The van der Waals surface area contributed by atoms with Gasteiger partial charge in [0, 0.05) is 32.4 Å². The van der Waals surface area contributed by atoms with Crippen molar-refractivity contribution in [3.05, 3.63) is 65.0 Å². The molecule has 0 aliphatic rings. The van der Waals surface area contributed by atoms with E-state index < -0.39 is 0 Å². The summed E-state index contributed by atoms with van der Waals surface area (Å²) in [6, 6.07) is 13.0. The molecule has 0 saturated carbocycles. The van der Waals surface area contributed by atoms with Crippen LogP contribution < -0.4 is 15.4 Å². The maximum Gasteiger partial charge on any atom is 0.191 e. The van der Waals surface area contributed by atoms with Crippen molar-refractivity contribution in [2.75, 3.05) is 40.6 Å². The van der Waals surface area contributed by atoms with Crippen molar-refractivity contribution >= 4 is 17.7 Å². The molecule has 0 amide bonds. The molecule has 2 aromatic rings. The van der Waals surface area contributed by atoms with Gasteiger partial charge in [0.2, 0.25) is 0 Å². The van der Waals surface area contributed by atoms with Crippen LogP contribution in [0.3, 0.4) is 0 Å². The molecule has 7 heteroatoms. The third kappa shape index (κ3) is 8.33. The number of nitrogens with one attached hydrogen (secondary N) is 2. The lowest BCUT2D eigenvalue weighted by Crippen LogP contribution is -2.36. The summed E-state index contributed by atoms with van der Waals surface area (Å²) in [6.45, 7) is 2.75. The van der Waals surface area contributed by atoms with Crippen molar-refractivity contribution < 1.29 is 9.13 Å². The zero-order chi connectivity index (χ0) is 21.1. The fourth-order valence-electron chi connectivity index (χ4n) is 2.73. The zero-order valence-corrected chi connectivity index (χ0v) is 18.5. The van der Waals surface area contributed by atoms with Crippen LogP contribution in [-0.4, -0.2) is 51.4 Å². The van der Waals surface area contributed by atoms with Gasteiger partial charge in [-0.2, -0.15) is 11.8 Å². The molecule has 0 spiro atoms. The molecule has 2 aromatic carbocycles. The Balaban J connectivity index is 1.88. The van der Waals surface area contributed by atoms with E-state index in [1.165, 1.54) is 6.07 Å². The number of ether oxygens (including phenoxy) is 1. The van der Waals surface area contributed by atoms with Crippen LogP contribution in [-0.2, 0) is 18.8 Å². The van der Waals surface area contributed by atoms with Gasteiger partial charge in [0.1, 0.15) is 18.2 Å². The average molecular weight is 419 g/mol. The van der Waals surface area contributed by atoms with Gasteiger partial charge in [-0.1, -0.05) is 18.2 Å². The van der Waals surface area contributed by atoms with Gasteiger partial charge in [0.05, 0.1) is 0 Å². The second-order valence-electron chi connectivity index (χ2n) is 6.92. The molecule has 2 N–H and O–H groups in total. The van der Waals surface area contributed by atoms with Crippen LogP contribution in [0.1, 0.15) is 16.7 Å². The van der Waals surface area contributed by atoms with Gasteiger partial charge in [-0.05, 0) is 61.3 Å². The molecule has 0 aromatic heterocycles. The summed E-state index contributed by atoms with van der Waals surface area (Å²) in [4.78, 5) is 6.37. The SMILES string of the molecule is CN=C(NCc1cccc(OCCN(C)C)c1)NCc1ccc(F)cc1CSC. The number of rotatable bonds is 10. The quantitative estimate of drug-likeness (QED) is 0.457. The van der Waals surface area contributed by atoms with Crippen molar-refractivity contribution in [1.29, 1.82) is 0 Å². The Hall–Kier alpha value is -2.25. The minimum Gasteiger partial charge on any atom is -0.492 e. The number of halogens is 1. The van der Waals surface area contributed by atoms with Crippen molar-refractivity contribution in [2.45, 2.75) is 18.8 Å². The zero-order valence-electron chi connectivity index (χ0n) is 17.7. The normalized spacial score (nSPS) is 11.6. The van der Waals surface area contributed by atoms with E-state index >= 15 is 0 Å². The Kier molecular flexibility index (Phi) is 9.80. The van der Waals surface area contributed by atoms with Gasteiger partial charge in [0.15, 0.2) is 5.96 Å². The minimum atomic E-state index is -0.201. The van der Waals surface area contributed by atoms with Crippen LogP contribution in [0.25, 0.3) is 0 Å². The van der Waals surface area contributed by atoms with Crippen molar-refractivity contribution in [3.8, 4) is 5.75 Å². The highest BCUT2D eigenvalue weighted by atomic mass is 32.2. The Morgan fingerprint density at radius 1 is 1.10 bits per heavy atom. The first-order chi connectivity index (χ1) is 14.0. The molecule has 5 nitrogen and oxygen atoms in total. The highest BCUT2D eigenvalue weighted by Gasteiger charge is 2.06. The van der Waals surface area contributed by atoms with Gasteiger partial charge < -0.3 is 20.3 Å². The number of likely N-dealkylation sites (N-methyl/N-ethyl adjacent to an activating group) is 1. The van der Waals surface area contributed by atoms with Crippen LogP contribution in [0.4, 0.5) is 4.39 Å². The number of thioether (sulfide) groups is 1. The van der Waals surface area contributed by atoms with E-state index in [-0.39, 0.29) is 5.82 Å². The number of hydrogen-bond acceptors (Lipinski definition) is 4. The molecule has 0 bridgehead atoms. The summed E-state index contributed by atoms with van der Waals surface area (Å²) in [6.07, 6.45) is 2.01. The molecule has 2 rings (SSSR count). The molecule has 29 heavy (non-hydrogen) atoms. The van der Waals surface area contributed by atoms with Crippen molar-refractivity contribution in [1.82, 2.24) is 15.5 Å². The molecular formula is C22H31FN4OS. The summed E-state index contributed by atoms with van der Waals surface area (Å²) in [5.41, 5.74) is 3.18. The van der Waals surface area contributed by atoms with Gasteiger partial charge in [-0.25, -0.2) is 4.39 Å². The predicted octanol–water partition coefficient (Wildman–Crippen LogP) is 3.49. The maximum absolute atomic E-state index is 13.5. The highest BCUT2D eigenvalue weighted by molar-refractivity contribution is 7.97. The van der Waals surface area contributed by atoms with Crippen LogP contribution in [0.15, 0.2) is 47.5 Å². The molecule has 158 valence electrons. The smallest absolute Gasteiger partial charge is 0.191 e. The molecule has 0 radical (unpaired) electrons. The van der Waals surface area contributed by atoms with Crippen molar-refractivity contribution in [2.24, 2.45) is 4.99 Å². The van der Waals surface area contributed by atoms with Gasteiger partial charge in [-0.3, -0.25) is 4.99 Å². The third-order valence-electron chi connectivity index (χ3n) is 4.30. The Morgan fingerprint density at radius 2 is 1.90 bits per heavy atom. The van der Waals surface area contributed by atoms with E-state index in [4.69, 9.17) is 4.74 Å². The number of nitrogens with zero attached hydrogens (tertiary/aromatic N) is 2. The summed E-state index contributed by atoms with van der Waals surface area (Å²) in [7, 11) is 5.79. The lowest BCUT2D eigenvalue weighted by Gasteiger charge is -2.15. The van der Waals surface area contributed by atoms with Crippen LogP contribution in [0, 0.1) is 5.82 Å². The number of guanidine groups is 1. The van der Waals surface area contributed by atoms with Gasteiger partial charge in [0.25, 0.3) is 0 Å². The Morgan fingerprint density at radius 3 is 2.62 bits per heavy atom. The van der Waals surface area contributed by atoms with E-state index in [1.807, 2.05) is 44.6 Å². The minimum absolute atomic E-state index is 0.201. The maximum atomic E-state index is 13.5. The molecule has 0 fully saturated rings. The largest absolute Gasteiger partial charge is 0.492 e. The van der Waals surface area contributed by atoms with Gasteiger partial charge >= 0.3 is 0 Å². The predicted molar refractivity (Wildman–Crippen MR) is 121 cm³/mol. The highest BCUT2D eigenvalue weighted by Crippen LogP contribution is 2.17. The summed E-state index contributed by atoms with van der Waals surface area (Å²) in [5, 5.41) is 6.62. The molecular weight excluding hydrogens is 387 g/mol. The number of aliphatic imine (C=N–C) groups is 1. The van der Waals surface area contributed by atoms with E-state index in [0.29, 0.717) is 25.7 Å². The van der Waals surface area contributed by atoms with Gasteiger partial charge in [-0.15, -0.1) is 0 Å². The first kappa shape index (κ1) is 23.0. The summed E-state index contributed by atoms with van der Waals surface area (Å²) < 4.78 is 19.3. The lowest BCUT2D eigenvalue weighted by molar-refractivity contribution is 0.261. The number of benzene rings is 2. The summed E-state index contributed by atoms with van der Waals surface area (Å²) >= 11 is 1.68. The van der Waals surface area contributed by atoms with Crippen molar-refractivity contribution in [3.63, 3.8) is 0 Å². The standard InChI is InChI=1S/C22H31FN4OS/c1-24-22(26-15-18-8-9-20(23)13-19(18)16-29-4)25-14-17-6-5-7-21(12-17)28-11-10-27(2)3/h5-9,12-13H,10-11,14-16H2,1-4H3,(H2,24,25,26). The monoisotopic (exact) mass is 418 g/mol. The fraction of sp³-hybridized carbons (Fsp3) is 0.409. The first-order valence-corrected chi connectivity index (χ1v) is 11.0. The Labute approximate surface area is 177 Å². The van der Waals surface area contributed by atoms with E-state index in [1.54, 1.807) is 24.9 Å². The second kappa shape index (κ2) is 12.3. The number of hydrogen-bond donors (Lipinski definition) is 2. The van der Waals surface area contributed by atoms with Crippen LogP contribution in [0.5, 0.6) is 5.75 Å². The lowest BCUT2D eigenvalue weighted by atomic mass is 10.1. The first-order valence-electron chi connectivity index (χ1n) is 9.59. The van der Waals surface area contributed by atoms with E-state index in [9.17, 15) is 4.39 Å². The molecule has 0 atom stereocenters. The van der Waals surface area contributed by atoms with E-state index in [0.717, 1.165) is 34.7 Å². The third-order valence-corrected chi connectivity index (χ3v) is 4.90. The Bertz CT molecular complexity index is 798. The van der Waals surface area contributed by atoms with Crippen LogP contribution >= 0.6 is 11.8 Å². The van der Waals surface area contributed by atoms with Crippen LogP contribution in [0.2, 0.25) is 0 Å². The topological polar surface area (TPSA) is 48.9 Å². The average Bonchev–Trinajstić information content (AvgIpc) is 2.70. The van der Waals surface area contributed by atoms with E-state index in [2.05, 4.69) is 26.6 Å².